The molecule has 0 saturated heterocycles. The van der Waals surface area contributed by atoms with E-state index in [1.165, 1.54) is 38.5 Å². The Morgan fingerprint density at radius 3 is 2.17 bits per heavy atom. The molecule has 4 saturated carbocycles. The van der Waals surface area contributed by atoms with Crippen LogP contribution in [0, 0.1) is 40.4 Å². The van der Waals surface area contributed by atoms with E-state index in [-0.39, 0.29) is 5.92 Å². The van der Waals surface area contributed by atoms with Gasteiger partial charge in [0.2, 0.25) is 0 Å². The third-order valence-corrected chi connectivity index (χ3v) is 5.49. The van der Waals surface area contributed by atoms with Gasteiger partial charge in [-0.2, -0.15) is 5.26 Å². The summed E-state index contributed by atoms with van der Waals surface area (Å²) in [6.07, 6.45) is 9.43. The first kappa shape index (κ1) is 12.2. The molecule has 4 fully saturated rings. The van der Waals surface area contributed by atoms with Gasteiger partial charge >= 0.3 is 0 Å². The van der Waals surface area contributed by atoms with Crippen molar-refractivity contribution in [3.63, 3.8) is 0 Å². The Morgan fingerprint density at radius 1 is 1.22 bits per heavy atom. The summed E-state index contributed by atoms with van der Waals surface area (Å²) in [6.45, 7) is 1.86. The Morgan fingerprint density at radius 2 is 1.72 bits per heavy atom. The van der Waals surface area contributed by atoms with Crippen LogP contribution in [0.15, 0.2) is 0 Å². The summed E-state index contributed by atoms with van der Waals surface area (Å²) >= 11 is 0. The Balaban J connectivity index is 1.65. The Bertz CT molecular complexity index is 357. The van der Waals surface area contributed by atoms with E-state index in [0.29, 0.717) is 17.6 Å². The smallest absolute Gasteiger partial charge is 0.134 e. The van der Waals surface area contributed by atoms with E-state index in [2.05, 4.69) is 6.07 Å². The van der Waals surface area contributed by atoms with Gasteiger partial charge in [0.25, 0.3) is 0 Å². The van der Waals surface area contributed by atoms with Crippen molar-refractivity contribution in [2.45, 2.75) is 58.3 Å². The number of hydrogen-bond donors (Lipinski definition) is 0. The average Bonchev–Trinajstić information content (AvgIpc) is 2.25. The molecule has 1 atom stereocenters. The van der Waals surface area contributed by atoms with E-state index in [1.54, 1.807) is 0 Å². The lowest BCUT2D eigenvalue weighted by molar-refractivity contribution is -0.127. The second-order valence-electron chi connectivity index (χ2n) is 7.37. The van der Waals surface area contributed by atoms with Crippen LogP contribution in [0.3, 0.4) is 0 Å². The summed E-state index contributed by atoms with van der Waals surface area (Å²) in [5.74, 6) is 2.98. The van der Waals surface area contributed by atoms with Crippen LogP contribution in [-0.4, -0.2) is 5.78 Å². The Kier molecular flexibility index (Phi) is 2.96. The molecule has 2 nitrogen and oxygen atoms in total. The molecule has 98 valence electrons. The maximum Gasteiger partial charge on any atom is 0.134 e. The van der Waals surface area contributed by atoms with Crippen molar-refractivity contribution >= 4 is 5.78 Å². The molecule has 0 heterocycles. The fraction of sp³-hybridized carbons (Fsp3) is 0.875. The standard InChI is InChI=1S/C16H23NO/c1-11(10-17)2-15(18)9-16-6-12-3-13(7-16)5-14(4-12)8-16/h11-14H,2-9H2,1H3. The molecule has 18 heavy (non-hydrogen) atoms. The lowest BCUT2D eigenvalue weighted by Crippen LogP contribution is -2.46. The minimum absolute atomic E-state index is 0.105. The predicted octanol–water partition coefficient (Wildman–Crippen LogP) is 3.71. The van der Waals surface area contributed by atoms with Gasteiger partial charge < -0.3 is 0 Å². The summed E-state index contributed by atoms with van der Waals surface area (Å²) < 4.78 is 0. The number of ketones is 1. The fourth-order valence-electron chi connectivity index (χ4n) is 5.38. The summed E-state index contributed by atoms with van der Waals surface area (Å²) in [5.41, 5.74) is 0.348. The van der Waals surface area contributed by atoms with E-state index in [1.807, 2.05) is 6.92 Å². The zero-order valence-electron chi connectivity index (χ0n) is 11.3. The molecular formula is C16H23NO. The molecule has 0 amide bonds. The van der Waals surface area contributed by atoms with Gasteiger partial charge in [0, 0.05) is 12.8 Å². The SMILES string of the molecule is CC(C#N)CC(=O)CC12CC3CC(CC(C3)C1)C2. The Hall–Kier alpha value is -0.840. The van der Waals surface area contributed by atoms with Gasteiger partial charge in [-0.15, -0.1) is 0 Å². The molecule has 4 aliphatic rings. The van der Waals surface area contributed by atoms with E-state index in [9.17, 15) is 4.79 Å². The summed E-state index contributed by atoms with van der Waals surface area (Å²) in [7, 11) is 0. The molecule has 0 radical (unpaired) electrons. The van der Waals surface area contributed by atoms with Crippen LogP contribution < -0.4 is 0 Å². The van der Waals surface area contributed by atoms with Gasteiger partial charge in [0.1, 0.15) is 5.78 Å². The maximum atomic E-state index is 12.1. The first-order valence-corrected chi connectivity index (χ1v) is 7.50. The van der Waals surface area contributed by atoms with E-state index in [4.69, 9.17) is 5.26 Å². The normalized spacial score (nSPS) is 42.6. The summed E-state index contributed by atoms with van der Waals surface area (Å²) in [4.78, 5) is 12.1. The van der Waals surface area contributed by atoms with Gasteiger partial charge in [-0.3, -0.25) is 4.79 Å². The minimum Gasteiger partial charge on any atom is -0.300 e. The van der Waals surface area contributed by atoms with Crippen molar-refractivity contribution in [3.05, 3.63) is 0 Å². The highest BCUT2D eigenvalue weighted by Crippen LogP contribution is 2.61. The van der Waals surface area contributed by atoms with Crippen molar-refractivity contribution in [1.29, 1.82) is 5.26 Å². The molecule has 4 rings (SSSR count). The van der Waals surface area contributed by atoms with Gasteiger partial charge in [0.05, 0.1) is 12.0 Å². The van der Waals surface area contributed by atoms with Crippen LogP contribution in [0.2, 0.25) is 0 Å². The summed E-state index contributed by atoms with van der Waals surface area (Å²) in [6, 6.07) is 2.18. The zero-order valence-corrected chi connectivity index (χ0v) is 11.3. The first-order chi connectivity index (χ1) is 8.58. The number of carbonyl (C=O) groups excluding carboxylic acids is 1. The van der Waals surface area contributed by atoms with Crippen LogP contribution in [-0.2, 0) is 4.79 Å². The van der Waals surface area contributed by atoms with Gasteiger partial charge in [-0.1, -0.05) is 0 Å². The van der Waals surface area contributed by atoms with Crippen molar-refractivity contribution < 1.29 is 4.79 Å². The number of nitrogens with zero attached hydrogens (tertiary/aromatic N) is 1. The third-order valence-electron chi connectivity index (χ3n) is 5.49. The molecule has 4 bridgehead atoms. The molecule has 0 aromatic heterocycles. The molecule has 2 heteroatoms. The van der Waals surface area contributed by atoms with Gasteiger partial charge in [-0.05, 0) is 68.6 Å². The maximum absolute atomic E-state index is 12.1. The van der Waals surface area contributed by atoms with Crippen LogP contribution in [0.5, 0.6) is 0 Å². The van der Waals surface area contributed by atoms with Gasteiger partial charge in [0.15, 0.2) is 0 Å². The second kappa shape index (κ2) is 4.37. The number of rotatable bonds is 4. The lowest BCUT2D eigenvalue weighted by atomic mass is 9.48. The molecule has 1 unspecified atom stereocenters. The monoisotopic (exact) mass is 245 g/mol. The van der Waals surface area contributed by atoms with Crippen LogP contribution in [0.25, 0.3) is 0 Å². The van der Waals surface area contributed by atoms with Crippen LogP contribution in [0.1, 0.15) is 58.3 Å². The molecule has 0 spiro atoms. The number of Topliss-reactive ketones (excluding diaryl/α,β-unsaturated/α-hetero) is 1. The zero-order chi connectivity index (χ0) is 12.8. The summed E-state index contributed by atoms with van der Waals surface area (Å²) in [5, 5.41) is 8.81. The third kappa shape index (κ3) is 2.20. The first-order valence-electron chi connectivity index (χ1n) is 7.50. The fourth-order valence-corrected chi connectivity index (χ4v) is 5.38. The molecule has 0 aliphatic heterocycles. The quantitative estimate of drug-likeness (QED) is 0.757. The van der Waals surface area contributed by atoms with E-state index in [0.717, 1.165) is 24.2 Å². The van der Waals surface area contributed by atoms with E-state index >= 15 is 0 Å². The Labute approximate surface area is 110 Å². The highest BCUT2D eigenvalue weighted by atomic mass is 16.1. The second-order valence-corrected chi connectivity index (χ2v) is 7.37. The highest BCUT2D eigenvalue weighted by molar-refractivity contribution is 5.79. The topological polar surface area (TPSA) is 40.9 Å². The number of nitriles is 1. The minimum atomic E-state index is -0.105. The van der Waals surface area contributed by atoms with E-state index < -0.39 is 0 Å². The largest absolute Gasteiger partial charge is 0.300 e. The molecular weight excluding hydrogens is 222 g/mol. The van der Waals surface area contributed by atoms with Gasteiger partial charge in [-0.25, -0.2) is 0 Å². The number of carbonyl (C=O) groups is 1. The van der Waals surface area contributed by atoms with Crippen LogP contribution in [0.4, 0.5) is 0 Å². The van der Waals surface area contributed by atoms with Crippen molar-refractivity contribution in [2.75, 3.05) is 0 Å². The van der Waals surface area contributed by atoms with Crippen molar-refractivity contribution in [3.8, 4) is 6.07 Å². The molecule has 0 aromatic carbocycles. The van der Waals surface area contributed by atoms with Crippen molar-refractivity contribution in [1.82, 2.24) is 0 Å². The molecule has 0 aromatic rings. The predicted molar refractivity (Wildman–Crippen MR) is 69.6 cm³/mol. The number of hydrogen-bond acceptors (Lipinski definition) is 2. The molecule has 0 N–H and O–H groups in total. The highest BCUT2D eigenvalue weighted by Gasteiger charge is 2.51. The average molecular weight is 245 g/mol. The van der Waals surface area contributed by atoms with Crippen molar-refractivity contribution in [2.24, 2.45) is 29.1 Å². The lowest BCUT2D eigenvalue weighted by Gasteiger charge is -2.56. The van der Waals surface area contributed by atoms with Crippen LogP contribution >= 0.6 is 0 Å². The molecule has 4 aliphatic carbocycles.